The number of aliphatic hydroxyl groups is 1. The zero-order valence-corrected chi connectivity index (χ0v) is 10.5. The summed E-state index contributed by atoms with van der Waals surface area (Å²) in [5, 5.41) is 9.31. The molecule has 0 spiro atoms. The second kappa shape index (κ2) is 4.94. The van der Waals surface area contributed by atoms with Crippen LogP contribution >= 0.6 is 15.9 Å². The van der Waals surface area contributed by atoms with E-state index in [9.17, 15) is 5.11 Å². The van der Waals surface area contributed by atoms with Crippen LogP contribution < -0.4 is 0 Å². The molecule has 0 aliphatic carbocycles. The Labute approximate surface area is 94.3 Å². The van der Waals surface area contributed by atoms with Crippen LogP contribution in [0, 0.1) is 0 Å². The van der Waals surface area contributed by atoms with Crippen LogP contribution in [0.25, 0.3) is 0 Å². The van der Waals surface area contributed by atoms with E-state index < -0.39 is 0 Å². The lowest BCUT2D eigenvalue weighted by molar-refractivity contribution is 0.195. The van der Waals surface area contributed by atoms with Gasteiger partial charge < -0.3 is 5.11 Å². The highest BCUT2D eigenvalue weighted by Crippen LogP contribution is 2.22. The predicted molar refractivity (Wildman–Crippen MR) is 63.6 cm³/mol. The summed E-state index contributed by atoms with van der Waals surface area (Å²) in [5.41, 5.74) is 2.51. The first-order valence-corrected chi connectivity index (χ1v) is 5.75. The molecule has 78 valence electrons. The summed E-state index contributed by atoms with van der Waals surface area (Å²) in [4.78, 5) is 0. The van der Waals surface area contributed by atoms with Crippen molar-refractivity contribution in [3.63, 3.8) is 0 Å². The quantitative estimate of drug-likeness (QED) is 0.878. The van der Waals surface area contributed by atoms with Gasteiger partial charge in [0.05, 0.1) is 6.10 Å². The molecule has 1 atom stereocenters. The lowest BCUT2D eigenvalue weighted by Gasteiger charge is -2.10. The van der Waals surface area contributed by atoms with E-state index in [2.05, 4.69) is 48.0 Å². The SMILES string of the molecule is CC(O)Cc1cc(Br)cc(C(C)C)c1. The van der Waals surface area contributed by atoms with Crippen LogP contribution in [0.1, 0.15) is 37.8 Å². The Bertz CT molecular complexity index is 305. The van der Waals surface area contributed by atoms with Gasteiger partial charge in [0, 0.05) is 4.47 Å². The van der Waals surface area contributed by atoms with Crippen LogP contribution in [0.15, 0.2) is 22.7 Å². The van der Waals surface area contributed by atoms with Gasteiger partial charge in [0.25, 0.3) is 0 Å². The van der Waals surface area contributed by atoms with E-state index in [0.717, 1.165) is 10.9 Å². The average Bonchev–Trinajstić information content (AvgIpc) is 2.01. The van der Waals surface area contributed by atoms with Crippen molar-refractivity contribution < 1.29 is 5.11 Å². The van der Waals surface area contributed by atoms with Crippen LogP contribution in [-0.2, 0) is 6.42 Å². The second-order valence-electron chi connectivity index (χ2n) is 4.10. The Kier molecular flexibility index (Phi) is 4.14. The van der Waals surface area contributed by atoms with Crippen molar-refractivity contribution in [2.75, 3.05) is 0 Å². The first-order valence-electron chi connectivity index (χ1n) is 4.96. The summed E-state index contributed by atoms with van der Waals surface area (Å²) in [5.74, 6) is 0.528. The van der Waals surface area contributed by atoms with Crippen molar-refractivity contribution in [2.24, 2.45) is 0 Å². The highest BCUT2D eigenvalue weighted by atomic mass is 79.9. The average molecular weight is 257 g/mol. The summed E-state index contributed by atoms with van der Waals surface area (Å²) < 4.78 is 1.10. The van der Waals surface area contributed by atoms with Crippen molar-refractivity contribution in [2.45, 2.75) is 39.2 Å². The Hall–Kier alpha value is -0.340. The molecule has 1 aromatic rings. The molecule has 2 heteroatoms. The molecule has 0 fully saturated rings. The molecule has 1 N–H and O–H groups in total. The van der Waals surface area contributed by atoms with Crippen LogP contribution in [0.2, 0.25) is 0 Å². The molecule has 1 nitrogen and oxygen atoms in total. The maximum Gasteiger partial charge on any atom is 0.0552 e. The standard InChI is InChI=1S/C12H17BrO/c1-8(2)11-5-10(4-9(3)14)6-12(13)7-11/h5-9,14H,4H2,1-3H3. The molecule has 0 aliphatic rings. The molecule has 0 aromatic heterocycles. The van der Waals surface area contributed by atoms with Crippen molar-refractivity contribution in [3.8, 4) is 0 Å². The van der Waals surface area contributed by atoms with E-state index in [-0.39, 0.29) is 6.10 Å². The highest BCUT2D eigenvalue weighted by molar-refractivity contribution is 9.10. The maximum atomic E-state index is 9.31. The summed E-state index contributed by atoms with van der Waals surface area (Å²) in [6.07, 6.45) is 0.448. The van der Waals surface area contributed by atoms with Crippen LogP contribution in [0.3, 0.4) is 0 Å². The fraction of sp³-hybridized carbons (Fsp3) is 0.500. The number of rotatable bonds is 3. The zero-order chi connectivity index (χ0) is 10.7. The van der Waals surface area contributed by atoms with Crippen LogP contribution in [-0.4, -0.2) is 11.2 Å². The van der Waals surface area contributed by atoms with Gasteiger partial charge in [-0.15, -0.1) is 0 Å². The monoisotopic (exact) mass is 256 g/mol. The molecule has 0 amide bonds. The summed E-state index contributed by atoms with van der Waals surface area (Å²) >= 11 is 3.49. The van der Waals surface area contributed by atoms with Gasteiger partial charge in [-0.3, -0.25) is 0 Å². The smallest absolute Gasteiger partial charge is 0.0552 e. The Morgan fingerprint density at radius 2 is 1.86 bits per heavy atom. The molecule has 0 bridgehead atoms. The third-order valence-electron chi connectivity index (χ3n) is 2.18. The molecule has 1 rings (SSSR count). The van der Waals surface area contributed by atoms with Crippen LogP contribution in [0.5, 0.6) is 0 Å². The summed E-state index contributed by atoms with van der Waals surface area (Å²) in [7, 11) is 0. The molecule has 0 radical (unpaired) electrons. The molecule has 0 heterocycles. The van der Waals surface area contributed by atoms with E-state index >= 15 is 0 Å². The third kappa shape index (κ3) is 3.43. The summed E-state index contributed by atoms with van der Waals surface area (Å²) in [6, 6.07) is 6.37. The first-order chi connectivity index (χ1) is 6.49. The Balaban J connectivity index is 2.95. The lowest BCUT2D eigenvalue weighted by atomic mass is 9.99. The van der Waals surface area contributed by atoms with Crippen molar-refractivity contribution in [3.05, 3.63) is 33.8 Å². The number of halogens is 1. The normalized spacial score (nSPS) is 13.3. The first kappa shape index (κ1) is 11.7. The Morgan fingerprint density at radius 3 is 2.36 bits per heavy atom. The minimum Gasteiger partial charge on any atom is -0.393 e. The largest absolute Gasteiger partial charge is 0.393 e. The summed E-state index contributed by atoms with van der Waals surface area (Å²) in [6.45, 7) is 6.16. The molecule has 1 aromatic carbocycles. The van der Waals surface area contributed by atoms with Gasteiger partial charge in [-0.05, 0) is 42.5 Å². The van der Waals surface area contributed by atoms with Gasteiger partial charge in [0.2, 0.25) is 0 Å². The van der Waals surface area contributed by atoms with Gasteiger partial charge >= 0.3 is 0 Å². The van der Waals surface area contributed by atoms with E-state index in [0.29, 0.717) is 5.92 Å². The molecule has 0 saturated carbocycles. The molecule has 14 heavy (non-hydrogen) atoms. The minimum absolute atomic E-state index is 0.274. The Morgan fingerprint density at radius 1 is 1.21 bits per heavy atom. The van der Waals surface area contributed by atoms with E-state index in [1.54, 1.807) is 0 Å². The van der Waals surface area contributed by atoms with E-state index in [4.69, 9.17) is 0 Å². The van der Waals surface area contributed by atoms with Crippen LogP contribution in [0.4, 0.5) is 0 Å². The fourth-order valence-corrected chi connectivity index (χ4v) is 2.03. The van der Waals surface area contributed by atoms with Gasteiger partial charge in [0.15, 0.2) is 0 Å². The third-order valence-corrected chi connectivity index (χ3v) is 2.64. The number of hydrogen-bond acceptors (Lipinski definition) is 1. The van der Waals surface area contributed by atoms with Gasteiger partial charge in [-0.2, -0.15) is 0 Å². The number of hydrogen-bond donors (Lipinski definition) is 1. The van der Waals surface area contributed by atoms with Crippen molar-refractivity contribution in [1.29, 1.82) is 0 Å². The highest BCUT2D eigenvalue weighted by Gasteiger charge is 2.05. The van der Waals surface area contributed by atoms with Gasteiger partial charge in [0.1, 0.15) is 0 Å². The van der Waals surface area contributed by atoms with Crippen molar-refractivity contribution in [1.82, 2.24) is 0 Å². The fourth-order valence-electron chi connectivity index (χ4n) is 1.47. The van der Waals surface area contributed by atoms with E-state index in [1.807, 2.05) is 6.92 Å². The topological polar surface area (TPSA) is 20.2 Å². The molecule has 0 aliphatic heterocycles. The number of aliphatic hydroxyl groups excluding tert-OH is 1. The number of benzene rings is 1. The minimum atomic E-state index is -0.274. The second-order valence-corrected chi connectivity index (χ2v) is 5.02. The van der Waals surface area contributed by atoms with Gasteiger partial charge in [-0.25, -0.2) is 0 Å². The molecule has 1 unspecified atom stereocenters. The predicted octanol–water partition coefficient (Wildman–Crippen LogP) is 3.50. The maximum absolute atomic E-state index is 9.31. The molecule has 0 saturated heterocycles. The lowest BCUT2D eigenvalue weighted by Crippen LogP contribution is -2.04. The zero-order valence-electron chi connectivity index (χ0n) is 8.92. The molecular weight excluding hydrogens is 240 g/mol. The van der Waals surface area contributed by atoms with Gasteiger partial charge in [-0.1, -0.05) is 35.8 Å². The van der Waals surface area contributed by atoms with E-state index in [1.165, 1.54) is 11.1 Å². The molecular formula is C12H17BrO. The van der Waals surface area contributed by atoms with Crippen molar-refractivity contribution >= 4 is 15.9 Å².